The largest absolute Gasteiger partial charge is 0.326 e. The molecular formula is C21H20N4O2S. The molecule has 2 amide bonds. The molecule has 3 aromatic rings. The summed E-state index contributed by atoms with van der Waals surface area (Å²) >= 11 is 1.39. The number of aryl methyl sites for hydroxylation is 1. The molecule has 1 fully saturated rings. The first-order chi connectivity index (χ1) is 13.6. The SMILES string of the molecule is Cc1cc(NC(=O)[C@@H]2CCCN2C(=O)c2cccs2)nc(-c2ccccc2)n1. The lowest BCUT2D eigenvalue weighted by Crippen LogP contribution is -2.43. The van der Waals surface area contributed by atoms with Gasteiger partial charge < -0.3 is 10.2 Å². The van der Waals surface area contributed by atoms with Gasteiger partial charge in [0.25, 0.3) is 5.91 Å². The number of nitrogens with zero attached hydrogens (tertiary/aromatic N) is 3. The molecule has 2 aromatic heterocycles. The molecule has 0 aliphatic carbocycles. The highest BCUT2D eigenvalue weighted by molar-refractivity contribution is 7.12. The Morgan fingerprint density at radius 1 is 1.14 bits per heavy atom. The Hall–Kier alpha value is -3.06. The highest BCUT2D eigenvalue weighted by Gasteiger charge is 2.35. The molecule has 1 saturated heterocycles. The van der Waals surface area contributed by atoms with E-state index in [9.17, 15) is 9.59 Å². The number of aromatic nitrogens is 2. The highest BCUT2D eigenvalue weighted by atomic mass is 32.1. The Bertz CT molecular complexity index is 989. The number of anilines is 1. The summed E-state index contributed by atoms with van der Waals surface area (Å²) in [6, 6.07) is 14.5. The van der Waals surface area contributed by atoms with Crippen molar-refractivity contribution in [1.29, 1.82) is 0 Å². The van der Waals surface area contributed by atoms with Gasteiger partial charge >= 0.3 is 0 Å². The second-order valence-corrected chi connectivity index (χ2v) is 7.66. The molecule has 0 saturated carbocycles. The molecule has 1 atom stereocenters. The topological polar surface area (TPSA) is 75.2 Å². The van der Waals surface area contributed by atoms with E-state index in [0.29, 0.717) is 29.5 Å². The molecule has 1 aliphatic rings. The molecule has 0 radical (unpaired) electrons. The third kappa shape index (κ3) is 3.80. The summed E-state index contributed by atoms with van der Waals surface area (Å²) in [4.78, 5) is 36.9. The van der Waals surface area contributed by atoms with Gasteiger partial charge in [0, 0.05) is 23.9 Å². The molecule has 0 unspecified atom stereocenters. The fourth-order valence-corrected chi connectivity index (χ4v) is 4.06. The van der Waals surface area contributed by atoms with Crippen molar-refractivity contribution >= 4 is 29.0 Å². The summed E-state index contributed by atoms with van der Waals surface area (Å²) in [7, 11) is 0. The smallest absolute Gasteiger partial charge is 0.264 e. The Kier molecular flexibility index (Phi) is 5.16. The Labute approximate surface area is 167 Å². The first-order valence-electron chi connectivity index (χ1n) is 9.18. The molecule has 3 heterocycles. The van der Waals surface area contributed by atoms with Crippen LogP contribution in [0.4, 0.5) is 5.82 Å². The summed E-state index contributed by atoms with van der Waals surface area (Å²) in [5.41, 5.74) is 1.65. The van der Waals surface area contributed by atoms with Crippen molar-refractivity contribution in [2.24, 2.45) is 0 Å². The number of hydrogen-bond acceptors (Lipinski definition) is 5. The van der Waals surface area contributed by atoms with Crippen molar-refractivity contribution in [2.45, 2.75) is 25.8 Å². The molecule has 1 N–H and O–H groups in total. The fourth-order valence-electron chi connectivity index (χ4n) is 3.38. The highest BCUT2D eigenvalue weighted by Crippen LogP contribution is 2.24. The van der Waals surface area contributed by atoms with Crippen LogP contribution < -0.4 is 5.32 Å². The number of hydrogen-bond donors (Lipinski definition) is 1. The first-order valence-corrected chi connectivity index (χ1v) is 10.1. The van der Waals surface area contributed by atoms with Crippen molar-refractivity contribution in [3.05, 3.63) is 64.5 Å². The van der Waals surface area contributed by atoms with E-state index in [4.69, 9.17) is 0 Å². The van der Waals surface area contributed by atoms with Gasteiger partial charge in [0.1, 0.15) is 11.9 Å². The number of thiophene rings is 1. The predicted octanol–water partition coefficient (Wildman–Crippen LogP) is 3.76. The van der Waals surface area contributed by atoms with Crippen LogP contribution in [-0.4, -0.2) is 39.3 Å². The zero-order valence-corrected chi connectivity index (χ0v) is 16.3. The maximum absolute atomic E-state index is 12.9. The van der Waals surface area contributed by atoms with E-state index in [1.807, 2.05) is 48.7 Å². The normalized spacial score (nSPS) is 16.2. The summed E-state index contributed by atoms with van der Waals surface area (Å²) < 4.78 is 0. The van der Waals surface area contributed by atoms with Gasteiger partial charge in [-0.15, -0.1) is 11.3 Å². The van der Waals surface area contributed by atoms with Crippen LogP contribution in [0.1, 0.15) is 28.2 Å². The van der Waals surface area contributed by atoms with E-state index in [-0.39, 0.29) is 11.8 Å². The van der Waals surface area contributed by atoms with Gasteiger partial charge in [-0.3, -0.25) is 9.59 Å². The third-order valence-corrected chi connectivity index (χ3v) is 5.54. The molecule has 1 aromatic carbocycles. The molecule has 0 spiro atoms. The lowest BCUT2D eigenvalue weighted by molar-refractivity contribution is -0.119. The third-order valence-electron chi connectivity index (χ3n) is 4.69. The molecule has 4 rings (SSSR count). The lowest BCUT2D eigenvalue weighted by Gasteiger charge is -2.23. The molecule has 7 heteroatoms. The molecule has 142 valence electrons. The van der Waals surface area contributed by atoms with Crippen LogP contribution in [0.2, 0.25) is 0 Å². The molecule has 0 bridgehead atoms. The van der Waals surface area contributed by atoms with Crippen LogP contribution in [0.25, 0.3) is 11.4 Å². The number of benzene rings is 1. The predicted molar refractivity (Wildman–Crippen MR) is 109 cm³/mol. The minimum atomic E-state index is -0.481. The number of nitrogens with one attached hydrogen (secondary N) is 1. The van der Waals surface area contributed by atoms with Crippen LogP contribution in [0, 0.1) is 6.92 Å². The van der Waals surface area contributed by atoms with Gasteiger partial charge in [-0.05, 0) is 31.2 Å². The van der Waals surface area contributed by atoms with E-state index in [1.165, 1.54) is 11.3 Å². The number of likely N-dealkylation sites (tertiary alicyclic amines) is 1. The number of rotatable bonds is 4. The Balaban J connectivity index is 1.53. The van der Waals surface area contributed by atoms with Crippen molar-refractivity contribution in [2.75, 3.05) is 11.9 Å². The summed E-state index contributed by atoms with van der Waals surface area (Å²) in [5.74, 6) is 0.719. The van der Waals surface area contributed by atoms with Crippen LogP contribution in [0.5, 0.6) is 0 Å². The average molecular weight is 392 g/mol. The van der Waals surface area contributed by atoms with E-state index in [0.717, 1.165) is 17.7 Å². The minimum absolute atomic E-state index is 0.0866. The number of carbonyl (C=O) groups excluding carboxylic acids is 2. The van der Waals surface area contributed by atoms with E-state index < -0.39 is 6.04 Å². The quantitative estimate of drug-likeness (QED) is 0.734. The maximum atomic E-state index is 12.9. The average Bonchev–Trinajstić information content (AvgIpc) is 3.40. The number of amides is 2. The fraction of sp³-hybridized carbons (Fsp3) is 0.238. The molecule has 6 nitrogen and oxygen atoms in total. The summed E-state index contributed by atoms with van der Waals surface area (Å²) in [6.45, 7) is 2.46. The monoisotopic (exact) mass is 392 g/mol. The van der Waals surface area contributed by atoms with Gasteiger partial charge in [-0.2, -0.15) is 0 Å². The van der Waals surface area contributed by atoms with Gasteiger partial charge in [-0.25, -0.2) is 9.97 Å². The van der Waals surface area contributed by atoms with Crippen LogP contribution in [0.15, 0.2) is 53.9 Å². The molecular weight excluding hydrogens is 372 g/mol. The lowest BCUT2D eigenvalue weighted by atomic mass is 10.2. The Morgan fingerprint density at radius 3 is 2.71 bits per heavy atom. The van der Waals surface area contributed by atoms with Gasteiger partial charge in [-0.1, -0.05) is 36.4 Å². The minimum Gasteiger partial charge on any atom is -0.326 e. The second-order valence-electron chi connectivity index (χ2n) is 6.71. The van der Waals surface area contributed by atoms with Gasteiger partial charge in [0.2, 0.25) is 5.91 Å². The number of carbonyl (C=O) groups is 2. The maximum Gasteiger partial charge on any atom is 0.264 e. The summed E-state index contributed by atoms with van der Waals surface area (Å²) in [6.07, 6.45) is 1.46. The standard InChI is InChI=1S/C21H20N4O2S/c1-14-13-18(23-19(22-14)15-7-3-2-4-8-15)24-20(26)16-9-5-11-25(16)21(27)17-10-6-12-28-17/h2-4,6-8,10,12-13,16H,5,9,11H2,1H3,(H,22,23,24,26)/t16-/m0/s1. The molecule has 1 aliphatic heterocycles. The van der Waals surface area contributed by atoms with Crippen molar-refractivity contribution in [3.63, 3.8) is 0 Å². The van der Waals surface area contributed by atoms with E-state index >= 15 is 0 Å². The van der Waals surface area contributed by atoms with Gasteiger partial charge in [0.15, 0.2) is 5.82 Å². The van der Waals surface area contributed by atoms with E-state index in [1.54, 1.807) is 17.0 Å². The second kappa shape index (κ2) is 7.90. The van der Waals surface area contributed by atoms with Crippen LogP contribution in [0.3, 0.4) is 0 Å². The van der Waals surface area contributed by atoms with Crippen molar-refractivity contribution < 1.29 is 9.59 Å². The van der Waals surface area contributed by atoms with Crippen molar-refractivity contribution in [1.82, 2.24) is 14.9 Å². The first kappa shape index (κ1) is 18.3. The van der Waals surface area contributed by atoms with Gasteiger partial charge in [0.05, 0.1) is 4.88 Å². The van der Waals surface area contributed by atoms with Crippen LogP contribution in [-0.2, 0) is 4.79 Å². The summed E-state index contributed by atoms with van der Waals surface area (Å²) in [5, 5.41) is 4.75. The zero-order valence-electron chi connectivity index (χ0n) is 15.5. The van der Waals surface area contributed by atoms with Crippen LogP contribution >= 0.6 is 11.3 Å². The Morgan fingerprint density at radius 2 is 1.96 bits per heavy atom. The molecule has 28 heavy (non-hydrogen) atoms. The zero-order chi connectivity index (χ0) is 19.5. The van der Waals surface area contributed by atoms with E-state index in [2.05, 4.69) is 15.3 Å². The van der Waals surface area contributed by atoms with Crippen molar-refractivity contribution in [3.8, 4) is 11.4 Å².